The Kier molecular flexibility index (Phi) is 7.93. The number of rotatable bonds is 5. The summed E-state index contributed by atoms with van der Waals surface area (Å²) in [5, 5.41) is 4.56. The highest BCUT2D eigenvalue weighted by molar-refractivity contribution is 6.16. The first kappa shape index (κ1) is 38.0. The Bertz CT molecular complexity index is 4210. The summed E-state index contributed by atoms with van der Waals surface area (Å²) in [6.07, 6.45) is 0. The zero-order chi connectivity index (χ0) is 45.2. The smallest absolute Gasteiger partial charge is 0.164 e. The number of para-hydroxylation sites is 2. The summed E-state index contributed by atoms with van der Waals surface area (Å²) in [5.41, 5.74) is 19.9. The van der Waals surface area contributed by atoms with Gasteiger partial charge in [-0.2, -0.15) is 0 Å². The van der Waals surface area contributed by atoms with Gasteiger partial charge in [0.25, 0.3) is 0 Å². The molecule has 320 valence electrons. The van der Waals surface area contributed by atoms with Gasteiger partial charge in [-0.15, -0.1) is 0 Å². The predicted octanol–water partition coefficient (Wildman–Crippen LogP) is 15.9. The molecule has 3 aromatic heterocycles. The van der Waals surface area contributed by atoms with Gasteiger partial charge in [0.05, 0.1) is 16.4 Å². The molecular weight excluding hydrogens is 841 g/mol. The monoisotopic (exact) mass is 878 g/mol. The lowest BCUT2D eigenvalue weighted by Crippen LogP contribution is -2.25. The van der Waals surface area contributed by atoms with E-state index in [0.29, 0.717) is 17.5 Å². The average molecular weight is 879 g/mol. The summed E-state index contributed by atoms with van der Waals surface area (Å²) >= 11 is 0. The number of aromatic nitrogens is 4. The van der Waals surface area contributed by atoms with Gasteiger partial charge in [0, 0.05) is 49.5 Å². The normalized spacial score (nSPS) is 13.0. The van der Waals surface area contributed by atoms with Crippen molar-refractivity contribution < 1.29 is 4.42 Å². The average Bonchev–Trinajstić information content (AvgIpc) is 4.15. The molecule has 13 aromatic rings. The minimum atomic E-state index is -0.460. The van der Waals surface area contributed by atoms with Crippen molar-refractivity contribution in [2.75, 3.05) is 0 Å². The topological polar surface area (TPSA) is 56.7 Å². The van der Waals surface area contributed by atoms with Gasteiger partial charge in [-0.1, -0.05) is 194 Å². The van der Waals surface area contributed by atoms with E-state index in [2.05, 4.69) is 211 Å². The van der Waals surface area contributed by atoms with Crippen LogP contribution in [0, 0.1) is 0 Å². The van der Waals surface area contributed by atoms with Crippen LogP contribution in [0.4, 0.5) is 0 Å². The number of hydrogen-bond donors (Lipinski definition) is 0. The quantitative estimate of drug-likeness (QED) is 0.173. The Labute approximate surface area is 397 Å². The van der Waals surface area contributed by atoms with Crippen molar-refractivity contribution in [3.05, 3.63) is 253 Å². The van der Waals surface area contributed by atoms with Crippen molar-refractivity contribution >= 4 is 43.7 Å². The molecule has 0 aliphatic heterocycles. The number of hydrogen-bond acceptors (Lipinski definition) is 4. The van der Waals surface area contributed by atoms with E-state index in [1.54, 1.807) is 0 Å². The number of fused-ring (bicyclic) bond motifs is 17. The molecule has 2 aliphatic carbocycles. The predicted molar refractivity (Wildman–Crippen MR) is 279 cm³/mol. The second kappa shape index (κ2) is 14.4. The van der Waals surface area contributed by atoms with Gasteiger partial charge in [-0.25, -0.2) is 15.0 Å². The lowest BCUT2D eigenvalue weighted by atomic mass is 9.70. The van der Waals surface area contributed by atoms with Crippen molar-refractivity contribution in [3.63, 3.8) is 0 Å². The van der Waals surface area contributed by atoms with Gasteiger partial charge in [0.15, 0.2) is 17.5 Å². The first-order valence-corrected chi connectivity index (χ1v) is 23.5. The number of nitrogens with zero attached hydrogens (tertiary/aromatic N) is 4. The third kappa shape index (κ3) is 5.38. The molecule has 10 aromatic carbocycles. The molecule has 0 saturated heterocycles. The van der Waals surface area contributed by atoms with Crippen molar-refractivity contribution in [1.29, 1.82) is 0 Å². The molecule has 0 saturated carbocycles. The van der Waals surface area contributed by atoms with E-state index < -0.39 is 5.41 Å². The molecule has 15 rings (SSSR count). The zero-order valence-electron chi connectivity index (χ0n) is 37.1. The van der Waals surface area contributed by atoms with Gasteiger partial charge in [0.1, 0.15) is 11.2 Å². The zero-order valence-corrected chi connectivity index (χ0v) is 37.1. The van der Waals surface area contributed by atoms with Crippen molar-refractivity contribution in [1.82, 2.24) is 19.5 Å². The second-order valence-electron chi connectivity index (χ2n) is 18.2. The maximum absolute atomic E-state index is 6.37. The first-order valence-electron chi connectivity index (χ1n) is 23.5. The minimum Gasteiger partial charge on any atom is -0.456 e. The molecule has 3 heterocycles. The van der Waals surface area contributed by atoms with Crippen molar-refractivity contribution in [2.45, 2.75) is 5.41 Å². The van der Waals surface area contributed by atoms with Crippen LogP contribution >= 0.6 is 0 Å². The van der Waals surface area contributed by atoms with E-state index in [1.165, 1.54) is 60.8 Å². The van der Waals surface area contributed by atoms with Gasteiger partial charge < -0.3 is 8.98 Å². The van der Waals surface area contributed by atoms with Crippen LogP contribution in [-0.4, -0.2) is 19.5 Å². The van der Waals surface area contributed by atoms with Gasteiger partial charge in [0.2, 0.25) is 0 Å². The van der Waals surface area contributed by atoms with Crippen LogP contribution in [0.15, 0.2) is 235 Å². The summed E-state index contributed by atoms with van der Waals surface area (Å²) in [6, 6.07) is 82.7. The van der Waals surface area contributed by atoms with Crippen LogP contribution in [0.5, 0.6) is 0 Å². The van der Waals surface area contributed by atoms with E-state index in [-0.39, 0.29) is 0 Å². The molecule has 0 atom stereocenters. The molecule has 0 fully saturated rings. The fraction of sp³-hybridized carbons (Fsp3) is 0.0156. The summed E-state index contributed by atoms with van der Waals surface area (Å²) in [6.45, 7) is 0. The lowest BCUT2D eigenvalue weighted by Gasteiger charge is -2.30. The number of benzene rings is 10. The maximum atomic E-state index is 6.37. The summed E-state index contributed by atoms with van der Waals surface area (Å²) in [7, 11) is 0. The van der Waals surface area contributed by atoms with Crippen molar-refractivity contribution in [3.8, 4) is 73.2 Å². The molecule has 69 heavy (non-hydrogen) atoms. The van der Waals surface area contributed by atoms with Crippen LogP contribution in [0.2, 0.25) is 0 Å². The fourth-order valence-electron chi connectivity index (χ4n) is 11.8. The van der Waals surface area contributed by atoms with Gasteiger partial charge >= 0.3 is 0 Å². The molecule has 0 amide bonds. The Morgan fingerprint density at radius 2 is 0.855 bits per heavy atom. The molecule has 1 spiro atoms. The molecule has 0 bridgehead atoms. The van der Waals surface area contributed by atoms with Crippen LogP contribution in [0.1, 0.15) is 22.3 Å². The van der Waals surface area contributed by atoms with E-state index in [0.717, 1.165) is 61.0 Å². The highest BCUT2D eigenvalue weighted by Gasteiger charge is 2.52. The van der Waals surface area contributed by atoms with E-state index >= 15 is 0 Å². The van der Waals surface area contributed by atoms with Crippen LogP contribution < -0.4 is 0 Å². The Balaban J connectivity index is 0.949. The molecule has 5 nitrogen and oxygen atoms in total. The molecule has 0 N–H and O–H groups in total. The number of furan rings is 1. The largest absolute Gasteiger partial charge is 0.456 e. The molecule has 0 radical (unpaired) electrons. The summed E-state index contributed by atoms with van der Waals surface area (Å²) in [4.78, 5) is 15.7. The van der Waals surface area contributed by atoms with Crippen LogP contribution in [-0.2, 0) is 5.41 Å². The van der Waals surface area contributed by atoms with Crippen LogP contribution in [0.25, 0.3) is 117 Å². The summed E-state index contributed by atoms with van der Waals surface area (Å²) < 4.78 is 8.84. The van der Waals surface area contributed by atoms with Crippen LogP contribution in [0.3, 0.4) is 0 Å². The van der Waals surface area contributed by atoms with E-state index in [9.17, 15) is 0 Å². The van der Waals surface area contributed by atoms with Crippen molar-refractivity contribution in [2.24, 2.45) is 0 Å². The molecule has 2 aliphatic rings. The minimum absolute atomic E-state index is 0.460. The van der Waals surface area contributed by atoms with E-state index in [4.69, 9.17) is 19.4 Å². The highest BCUT2D eigenvalue weighted by Crippen LogP contribution is 2.64. The molecule has 5 heteroatoms. The Morgan fingerprint density at radius 3 is 1.61 bits per heavy atom. The SMILES string of the molecule is c1ccc(-c2ccc(-c3nc(-c4cccc(-n5c6ccccc6c6ccc7c(c65)-c5ccccc5C75c6ccccc6-c6ccccc65)c4)nc(-c4ccc5c(c4)oc4ccccc45)n3)cc2)cc1. The molecular formula is C64H38N4O. The van der Waals surface area contributed by atoms with Gasteiger partial charge in [-0.05, 0) is 86.5 Å². The second-order valence-corrected chi connectivity index (χ2v) is 18.2. The Morgan fingerprint density at radius 1 is 0.333 bits per heavy atom. The maximum Gasteiger partial charge on any atom is 0.164 e. The summed E-state index contributed by atoms with van der Waals surface area (Å²) in [5.74, 6) is 1.75. The Hall–Kier alpha value is -9.19. The van der Waals surface area contributed by atoms with E-state index in [1.807, 2.05) is 24.3 Å². The third-order valence-electron chi connectivity index (χ3n) is 14.7. The fourth-order valence-corrected chi connectivity index (χ4v) is 11.8. The highest BCUT2D eigenvalue weighted by atomic mass is 16.3. The standard InChI is InChI=1S/C64H38N4O/c1-2-15-39(16-3-1)40-29-31-41(32-30-40)61-65-62(67-63(66-61)43-33-34-49-48-22-8-13-28-57(48)69-58(49)38-43)42-17-14-18-44(37-42)68-56-27-12-7-21-47(56)50-35-36-55-59(60(50)68)51-23-6-11-26-54(51)64(55)52-24-9-4-19-45(52)46-20-5-10-25-53(46)64/h1-38H. The first-order chi connectivity index (χ1) is 34.2. The van der Waals surface area contributed by atoms with Gasteiger partial charge in [-0.3, -0.25) is 0 Å². The lowest BCUT2D eigenvalue weighted by molar-refractivity contribution is 0.669. The third-order valence-corrected chi connectivity index (χ3v) is 14.7. The molecule has 0 unspecified atom stereocenters.